The molecule has 1 aliphatic rings. The quantitative estimate of drug-likeness (QED) is 0.866. The Hall–Kier alpha value is -1.52. The predicted molar refractivity (Wildman–Crippen MR) is 81.1 cm³/mol. The first-order chi connectivity index (χ1) is 9.70. The molecule has 20 heavy (non-hydrogen) atoms. The van der Waals surface area contributed by atoms with Gasteiger partial charge < -0.3 is 15.0 Å². The summed E-state index contributed by atoms with van der Waals surface area (Å²) in [4.78, 5) is 13.9. The fourth-order valence-electron chi connectivity index (χ4n) is 2.09. The summed E-state index contributed by atoms with van der Waals surface area (Å²) in [6, 6.07) is 5.40. The van der Waals surface area contributed by atoms with E-state index in [2.05, 4.69) is 5.32 Å². The molecule has 108 valence electrons. The first-order valence-electron chi connectivity index (χ1n) is 6.80. The molecule has 1 aromatic carbocycles. The van der Waals surface area contributed by atoms with Gasteiger partial charge in [-0.2, -0.15) is 0 Å². The fraction of sp³-hybridized carbons (Fsp3) is 0.400. The zero-order valence-electron chi connectivity index (χ0n) is 11.6. The van der Waals surface area contributed by atoms with Crippen LogP contribution in [0.15, 0.2) is 24.3 Å². The van der Waals surface area contributed by atoms with E-state index in [0.29, 0.717) is 11.6 Å². The third-order valence-electron chi connectivity index (χ3n) is 3.11. The summed E-state index contributed by atoms with van der Waals surface area (Å²) in [6.07, 6.45) is 3.35. The minimum Gasteiger partial charge on any atom is -0.493 e. The minimum atomic E-state index is 0.0222. The van der Waals surface area contributed by atoms with Gasteiger partial charge in [0, 0.05) is 42.8 Å². The monoisotopic (exact) mass is 294 g/mol. The lowest BCUT2D eigenvalue weighted by Crippen LogP contribution is -2.45. The van der Waals surface area contributed by atoms with Crippen molar-refractivity contribution in [1.29, 1.82) is 0 Å². The molecule has 1 N–H and O–H groups in total. The molecule has 1 fully saturated rings. The van der Waals surface area contributed by atoms with E-state index in [4.69, 9.17) is 16.3 Å². The maximum Gasteiger partial charge on any atom is 0.246 e. The first kappa shape index (κ1) is 14.9. The lowest BCUT2D eigenvalue weighted by atomic mass is 10.2. The van der Waals surface area contributed by atoms with Crippen LogP contribution in [0.3, 0.4) is 0 Å². The number of carbonyl (C=O) groups is 1. The Morgan fingerprint density at radius 1 is 1.45 bits per heavy atom. The van der Waals surface area contributed by atoms with Crippen LogP contribution < -0.4 is 10.1 Å². The standard InChI is InChI=1S/C15H19ClN2O2/c1-2-20-14-5-4-13(16)11-12(14)3-6-15(19)18-9-7-17-8-10-18/h3-6,11,17H,2,7-10H2,1H3/b6-3+. The van der Waals surface area contributed by atoms with Crippen molar-refractivity contribution in [1.82, 2.24) is 10.2 Å². The molecule has 1 aromatic rings. The Morgan fingerprint density at radius 2 is 2.20 bits per heavy atom. The highest BCUT2D eigenvalue weighted by Gasteiger charge is 2.13. The lowest BCUT2D eigenvalue weighted by Gasteiger charge is -2.26. The second kappa shape index (κ2) is 7.31. The molecule has 0 aliphatic carbocycles. The van der Waals surface area contributed by atoms with Gasteiger partial charge in [-0.05, 0) is 31.2 Å². The van der Waals surface area contributed by atoms with Gasteiger partial charge in [0.1, 0.15) is 5.75 Å². The molecule has 0 spiro atoms. The number of ether oxygens (including phenoxy) is 1. The van der Waals surface area contributed by atoms with Crippen LogP contribution in [-0.4, -0.2) is 43.6 Å². The Morgan fingerprint density at radius 3 is 2.90 bits per heavy atom. The number of nitrogens with one attached hydrogen (secondary N) is 1. The van der Waals surface area contributed by atoms with Crippen molar-refractivity contribution in [2.75, 3.05) is 32.8 Å². The minimum absolute atomic E-state index is 0.0222. The summed E-state index contributed by atoms with van der Waals surface area (Å²) in [7, 11) is 0. The third-order valence-corrected chi connectivity index (χ3v) is 3.34. The summed E-state index contributed by atoms with van der Waals surface area (Å²) >= 11 is 5.99. The summed E-state index contributed by atoms with van der Waals surface area (Å²) in [5.74, 6) is 0.759. The van der Waals surface area contributed by atoms with E-state index in [1.165, 1.54) is 0 Å². The normalized spacial score (nSPS) is 15.6. The van der Waals surface area contributed by atoms with Crippen LogP contribution in [0.1, 0.15) is 12.5 Å². The van der Waals surface area contributed by atoms with Crippen molar-refractivity contribution in [2.45, 2.75) is 6.92 Å². The zero-order valence-corrected chi connectivity index (χ0v) is 12.3. The van der Waals surface area contributed by atoms with Gasteiger partial charge in [-0.15, -0.1) is 0 Å². The van der Waals surface area contributed by atoms with Gasteiger partial charge in [0.25, 0.3) is 0 Å². The average molecular weight is 295 g/mol. The molecule has 0 bridgehead atoms. The van der Waals surface area contributed by atoms with Gasteiger partial charge in [-0.3, -0.25) is 4.79 Å². The molecule has 0 saturated carbocycles. The molecule has 4 nitrogen and oxygen atoms in total. The van der Waals surface area contributed by atoms with Crippen LogP contribution in [0.5, 0.6) is 5.75 Å². The van der Waals surface area contributed by atoms with Crippen LogP contribution >= 0.6 is 11.6 Å². The highest BCUT2D eigenvalue weighted by Crippen LogP contribution is 2.24. The van der Waals surface area contributed by atoms with Gasteiger partial charge in [0.05, 0.1) is 6.61 Å². The van der Waals surface area contributed by atoms with Gasteiger partial charge in [-0.25, -0.2) is 0 Å². The van der Waals surface area contributed by atoms with Crippen molar-refractivity contribution in [3.8, 4) is 5.75 Å². The maximum atomic E-state index is 12.1. The Bertz CT molecular complexity index is 497. The second-order valence-corrected chi connectivity index (χ2v) is 4.96. The topological polar surface area (TPSA) is 41.6 Å². The van der Waals surface area contributed by atoms with Crippen molar-refractivity contribution in [2.24, 2.45) is 0 Å². The van der Waals surface area contributed by atoms with E-state index >= 15 is 0 Å². The van der Waals surface area contributed by atoms with Crippen LogP contribution in [-0.2, 0) is 4.79 Å². The number of hydrogen-bond acceptors (Lipinski definition) is 3. The molecule has 5 heteroatoms. The molecule has 0 aromatic heterocycles. The Balaban J connectivity index is 2.09. The molecule has 1 heterocycles. The molecule has 1 saturated heterocycles. The number of halogens is 1. The number of hydrogen-bond donors (Lipinski definition) is 1. The summed E-state index contributed by atoms with van der Waals surface area (Å²) in [5, 5.41) is 3.85. The van der Waals surface area contributed by atoms with Crippen LogP contribution in [0, 0.1) is 0 Å². The number of piperazine rings is 1. The van der Waals surface area contributed by atoms with E-state index < -0.39 is 0 Å². The first-order valence-corrected chi connectivity index (χ1v) is 7.18. The summed E-state index contributed by atoms with van der Waals surface area (Å²) in [5.41, 5.74) is 0.822. The molecule has 2 rings (SSSR count). The zero-order chi connectivity index (χ0) is 14.4. The number of carbonyl (C=O) groups excluding carboxylic acids is 1. The van der Waals surface area contributed by atoms with Gasteiger partial charge in [-0.1, -0.05) is 11.6 Å². The van der Waals surface area contributed by atoms with Crippen molar-refractivity contribution in [3.63, 3.8) is 0 Å². The summed E-state index contributed by atoms with van der Waals surface area (Å²) in [6.45, 7) is 5.69. The maximum absolute atomic E-state index is 12.1. The highest BCUT2D eigenvalue weighted by molar-refractivity contribution is 6.30. The molecule has 1 aliphatic heterocycles. The molecular formula is C15H19ClN2O2. The van der Waals surface area contributed by atoms with E-state index in [1.807, 2.05) is 17.9 Å². The fourth-order valence-corrected chi connectivity index (χ4v) is 2.27. The van der Waals surface area contributed by atoms with Crippen LogP contribution in [0.25, 0.3) is 6.08 Å². The smallest absolute Gasteiger partial charge is 0.246 e. The third kappa shape index (κ3) is 3.99. The molecule has 0 radical (unpaired) electrons. The van der Waals surface area contributed by atoms with Crippen molar-refractivity contribution in [3.05, 3.63) is 34.9 Å². The van der Waals surface area contributed by atoms with Gasteiger partial charge in [0.2, 0.25) is 5.91 Å². The predicted octanol–water partition coefficient (Wildman–Crippen LogP) is 2.18. The second-order valence-electron chi connectivity index (χ2n) is 4.52. The number of nitrogens with zero attached hydrogens (tertiary/aromatic N) is 1. The van der Waals surface area contributed by atoms with Crippen LogP contribution in [0.2, 0.25) is 5.02 Å². The van der Waals surface area contributed by atoms with Crippen molar-refractivity contribution < 1.29 is 9.53 Å². The van der Waals surface area contributed by atoms with E-state index in [9.17, 15) is 4.79 Å². The summed E-state index contributed by atoms with van der Waals surface area (Å²) < 4.78 is 5.52. The Kier molecular flexibility index (Phi) is 5.44. The Labute approximate surface area is 124 Å². The van der Waals surface area contributed by atoms with Gasteiger partial charge in [0.15, 0.2) is 0 Å². The molecule has 1 amide bonds. The number of rotatable bonds is 4. The number of amides is 1. The molecule has 0 atom stereocenters. The number of benzene rings is 1. The van der Waals surface area contributed by atoms with E-state index in [-0.39, 0.29) is 5.91 Å². The van der Waals surface area contributed by atoms with E-state index in [0.717, 1.165) is 37.5 Å². The van der Waals surface area contributed by atoms with Gasteiger partial charge >= 0.3 is 0 Å². The highest BCUT2D eigenvalue weighted by atomic mass is 35.5. The molecular weight excluding hydrogens is 276 g/mol. The largest absolute Gasteiger partial charge is 0.493 e. The van der Waals surface area contributed by atoms with Crippen LogP contribution in [0.4, 0.5) is 0 Å². The average Bonchev–Trinajstić information content (AvgIpc) is 2.48. The van der Waals surface area contributed by atoms with E-state index in [1.54, 1.807) is 24.3 Å². The molecule has 0 unspecified atom stereocenters. The van der Waals surface area contributed by atoms with Crippen molar-refractivity contribution >= 4 is 23.6 Å². The lowest BCUT2D eigenvalue weighted by molar-refractivity contribution is -0.126. The SMILES string of the molecule is CCOc1ccc(Cl)cc1/C=C/C(=O)N1CCNCC1.